The molecule has 0 amide bonds. The van der Waals surface area contributed by atoms with Crippen molar-refractivity contribution in [2.45, 2.75) is 57.1 Å². The zero-order valence-electron chi connectivity index (χ0n) is 9.53. The first-order valence-electron chi connectivity index (χ1n) is 6.73. The van der Waals surface area contributed by atoms with Gasteiger partial charge in [0.25, 0.3) is 0 Å². The minimum absolute atomic E-state index is 0.476. The Labute approximate surface area is 92.6 Å². The van der Waals surface area contributed by atoms with E-state index in [-0.39, 0.29) is 0 Å². The van der Waals surface area contributed by atoms with Crippen LogP contribution in [0, 0.1) is 17.8 Å². The number of hydrogen-bond donors (Lipinski definition) is 1. The molecule has 2 aliphatic carbocycles. The number of fused-ring (bicyclic) bond motifs is 1. The second-order valence-electron chi connectivity index (χ2n) is 5.71. The Morgan fingerprint density at radius 3 is 2.60 bits per heavy atom. The summed E-state index contributed by atoms with van der Waals surface area (Å²) in [6, 6.07) is 0.476. The molecule has 0 spiro atoms. The molecule has 2 saturated carbocycles. The van der Waals surface area contributed by atoms with Gasteiger partial charge in [-0.1, -0.05) is 6.42 Å². The van der Waals surface area contributed by atoms with E-state index in [0.29, 0.717) is 12.1 Å². The average Bonchev–Trinajstić information content (AvgIpc) is 2.72. The maximum atomic E-state index is 6.29. The third kappa shape index (κ3) is 1.94. The molecule has 0 bridgehead atoms. The molecule has 2 heteroatoms. The Morgan fingerprint density at radius 1 is 1.13 bits per heavy atom. The number of nitrogens with two attached hydrogens (primary N) is 1. The Balaban J connectivity index is 1.40. The molecular formula is C13H23NO. The fraction of sp³-hybridized carbons (Fsp3) is 1.00. The van der Waals surface area contributed by atoms with Crippen LogP contribution in [0.5, 0.6) is 0 Å². The van der Waals surface area contributed by atoms with E-state index in [1.54, 1.807) is 0 Å². The fourth-order valence-electron chi connectivity index (χ4n) is 3.95. The van der Waals surface area contributed by atoms with Crippen LogP contribution in [0.15, 0.2) is 0 Å². The van der Waals surface area contributed by atoms with Crippen molar-refractivity contribution in [2.24, 2.45) is 23.5 Å². The summed E-state index contributed by atoms with van der Waals surface area (Å²) < 4.78 is 5.64. The molecular weight excluding hydrogens is 186 g/mol. The summed E-state index contributed by atoms with van der Waals surface area (Å²) in [4.78, 5) is 0. The lowest BCUT2D eigenvalue weighted by Gasteiger charge is -2.16. The third-order valence-corrected chi connectivity index (χ3v) is 4.81. The van der Waals surface area contributed by atoms with Gasteiger partial charge in [0.1, 0.15) is 0 Å². The molecule has 3 aliphatic rings. The van der Waals surface area contributed by atoms with E-state index < -0.39 is 0 Å². The highest BCUT2D eigenvalue weighted by molar-refractivity contribution is 5.05. The summed E-state index contributed by atoms with van der Waals surface area (Å²) >= 11 is 0. The van der Waals surface area contributed by atoms with Crippen LogP contribution in [-0.2, 0) is 4.74 Å². The van der Waals surface area contributed by atoms with Gasteiger partial charge >= 0.3 is 0 Å². The first kappa shape index (κ1) is 10.1. The summed E-state index contributed by atoms with van der Waals surface area (Å²) in [7, 11) is 0. The molecule has 0 aromatic carbocycles. The maximum Gasteiger partial charge on any atom is 0.0576 e. The SMILES string of the molecule is NC(CCC1CCCO1)C1C2CCCC21. The van der Waals surface area contributed by atoms with Gasteiger partial charge in [-0.2, -0.15) is 0 Å². The van der Waals surface area contributed by atoms with Crippen LogP contribution in [0.2, 0.25) is 0 Å². The van der Waals surface area contributed by atoms with Gasteiger partial charge < -0.3 is 10.5 Å². The first-order chi connectivity index (χ1) is 7.36. The van der Waals surface area contributed by atoms with Crippen LogP contribution in [0.4, 0.5) is 0 Å². The molecule has 1 aliphatic heterocycles. The summed E-state index contributed by atoms with van der Waals surface area (Å²) in [5.41, 5.74) is 6.29. The standard InChI is InChI=1S/C13H23NO/c14-12(7-6-9-3-2-8-15-9)13-10-4-1-5-11(10)13/h9-13H,1-8,14H2. The minimum Gasteiger partial charge on any atom is -0.378 e. The van der Waals surface area contributed by atoms with Gasteiger partial charge in [0.05, 0.1) is 6.10 Å². The van der Waals surface area contributed by atoms with Crippen molar-refractivity contribution < 1.29 is 4.74 Å². The highest BCUT2D eigenvalue weighted by Gasteiger charge is 2.54. The van der Waals surface area contributed by atoms with E-state index in [1.165, 1.54) is 44.9 Å². The summed E-state index contributed by atoms with van der Waals surface area (Å²) in [5.74, 6) is 2.93. The van der Waals surface area contributed by atoms with Crippen molar-refractivity contribution in [3.8, 4) is 0 Å². The molecule has 15 heavy (non-hydrogen) atoms. The van der Waals surface area contributed by atoms with Gasteiger partial charge in [0.2, 0.25) is 0 Å². The van der Waals surface area contributed by atoms with Gasteiger partial charge in [0.15, 0.2) is 0 Å². The van der Waals surface area contributed by atoms with E-state index in [4.69, 9.17) is 10.5 Å². The molecule has 2 N–H and O–H groups in total. The highest BCUT2D eigenvalue weighted by atomic mass is 16.5. The van der Waals surface area contributed by atoms with Crippen LogP contribution in [0.1, 0.15) is 44.9 Å². The Hall–Kier alpha value is -0.0800. The van der Waals surface area contributed by atoms with E-state index >= 15 is 0 Å². The predicted octanol–water partition coefficient (Wildman–Crippen LogP) is 2.32. The summed E-state index contributed by atoms with van der Waals surface area (Å²) in [6.07, 6.45) is 9.85. The van der Waals surface area contributed by atoms with Crippen molar-refractivity contribution in [2.75, 3.05) is 6.61 Å². The number of ether oxygens (including phenoxy) is 1. The molecule has 86 valence electrons. The van der Waals surface area contributed by atoms with Crippen molar-refractivity contribution >= 4 is 0 Å². The Morgan fingerprint density at radius 2 is 1.93 bits per heavy atom. The van der Waals surface area contributed by atoms with Gasteiger partial charge in [0, 0.05) is 12.6 Å². The highest BCUT2D eigenvalue weighted by Crippen LogP contribution is 2.59. The number of rotatable bonds is 4. The summed E-state index contributed by atoms with van der Waals surface area (Å²) in [5, 5.41) is 0. The maximum absolute atomic E-state index is 6.29. The Kier molecular flexibility index (Phi) is 2.73. The molecule has 1 saturated heterocycles. The molecule has 3 fully saturated rings. The van der Waals surface area contributed by atoms with Crippen LogP contribution in [0.3, 0.4) is 0 Å². The minimum atomic E-state index is 0.476. The zero-order valence-corrected chi connectivity index (χ0v) is 9.53. The van der Waals surface area contributed by atoms with Gasteiger partial charge in [-0.25, -0.2) is 0 Å². The van der Waals surface area contributed by atoms with E-state index in [9.17, 15) is 0 Å². The predicted molar refractivity (Wildman–Crippen MR) is 60.5 cm³/mol. The second-order valence-corrected chi connectivity index (χ2v) is 5.71. The molecule has 3 rings (SSSR count). The lowest BCUT2D eigenvalue weighted by molar-refractivity contribution is 0.0997. The fourth-order valence-corrected chi connectivity index (χ4v) is 3.95. The van der Waals surface area contributed by atoms with Crippen molar-refractivity contribution in [3.05, 3.63) is 0 Å². The molecule has 4 unspecified atom stereocenters. The van der Waals surface area contributed by atoms with Gasteiger partial charge in [-0.05, 0) is 56.3 Å². The summed E-state index contributed by atoms with van der Waals surface area (Å²) in [6.45, 7) is 0.981. The van der Waals surface area contributed by atoms with Crippen molar-refractivity contribution in [1.29, 1.82) is 0 Å². The lowest BCUT2D eigenvalue weighted by atomic mass is 9.98. The van der Waals surface area contributed by atoms with E-state index in [0.717, 1.165) is 24.4 Å². The molecule has 0 aromatic heterocycles. The number of hydrogen-bond acceptors (Lipinski definition) is 2. The van der Waals surface area contributed by atoms with Crippen molar-refractivity contribution in [1.82, 2.24) is 0 Å². The monoisotopic (exact) mass is 209 g/mol. The third-order valence-electron chi connectivity index (χ3n) is 4.81. The largest absolute Gasteiger partial charge is 0.378 e. The lowest BCUT2D eigenvalue weighted by Crippen LogP contribution is -2.26. The second kappa shape index (κ2) is 4.06. The quantitative estimate of drug-likeness (QED) is 0.771. The first-order valence-corrected chi connectivity index (χ1v) is 6.73. The van der Waals surface area contributed by atoms with Crippen molar-refractivity contribution in [3.63, 3.8) is 0 Å². The Bertz CT molecular complexity index is 215. The van der Waals surface area contributed by atoms with Crippen LogP contribution in [0.25, 0.3) is 0 Å². The van der Waals surface area contributed by atoms with Crippen LogP contribution in [-0.4, -0.2) is 18.8 Å². The topological polar surface area (TPSA) is 35.2 Å². The molecule has 0 radical (unpaired) electrons. The average molecular weight is 209 g/mol. The molecule has 1 heterocycles. The smallest absolute Gasteiger partial charge is 0.0576 e. The van der Waals surface area contributed by atoms with Gasteiger partial charge in [-0.3, -0.25) is 0 Å². The molecule has 0 aromatic rings. The van der Waals surface area contributed by atoms with Crippen LogP contribution >= 0.6 is 0 Å². The van der Waals surface area contributed by atoms with Gasteiger partial charge in [-0.15, -0.1) is 0 Å². The normalized spacial score (nSPS) is 45.4. The van der Waals surface area contributed by atoms with E-state index in [2.05, 4.69) is 0 Å². The molecule has 2 nitrogen and oxygen atoms in total. The van der Waals surface area contributed by atoms with Crippen LogP contribution < -0.4 is 5.73 Å². The zero-order chi connectivity index (χ0) is 10.3. The van der Waals surface area contributed by atoms with E-state index in [1.807, 2.05) is 0 Å². The molecule has 4 atom stereocenters.